The van der Waals surface area contributed by atoms with Crippen molar-refractivity contribution in [1.29, 1.82) is 0 Å². The lowest BCUT2D eigenvalue weighted by Crippen LogP contribution is -2.48. The molecule has 1 aromatic heterocycles. The van der Waals surface area contributed by atoms with Gasteiger partial charge in [-0.25, -0.2) is 9.07 Å². The van der Waals surface area contributed by atoms with Crippen LogP contribution in [0.2, 0.25) is 0 Å². The number of nitrogens with zero attached hydrogens (tertiary/aromatic N) is 5. The number of carbonyl (C=O) groups is 3. The van der Waals surface area contributed by atoms with Gasteiger partial charge in [0.1, 0.15) is 10.3 Å². The van der Waals surface area contributed by atoms with Gasteiger partial charge in [0.05, 0.1) is 17.8 Å². The molecule has 4 heterocycles. The number of hydrogen-bond donors (Lipinski definition) is 2. The number of aromatic nitrogens is 2. The quantitative estimate of drug-likeness (QED) is 0.379. The molecule has 6 rings (SSSR count). The predicted octanol–water partition coefficient (Wildman–Crippen LogP) is 3.06. The highest BCUT2D eigenvalue weighted by atomic mass is 79.9. The third kappa shape index (κ3) is 6.70. The Balaban J connectivity index is 1.06. The van der Waals surface area contributed by atoms with Crippen molar-refractivity contribution in [3.05, 3.63) is 86.0 Å². The smallest absolute Gasteiger partial charge is 0.282 e. The number of likely N-dealkylation sites (N-methyl/N-ethyl adjacent to an activating group) is 1. The van der Waals surface area contributed by atoms with E-state index in [2.05, 4.69) is 48.5 Å². The van der Waals surface area contributed by atoms with E-state index in [0.717, 1.165) is 30.8 Å². The summed E-state index contributed by atoms with van der Waals surface area (Å²) in [6.45, 7) is 3.90. The maximum atomic E-state index is 14.7. The van der Waals surface area contributed by atoms with Crippen molar-refractivity contribution >= 4 is 45.0 Å². The second kappa shape index (κ2) is 13.3. The number of imide groups is 1. The van der Waals surface area contributed by atoms with E-state index in [4.69, 9.17) is 0 Å². The fraction of sp³-hybridized carbons (Fsp3) is 0.424. The van der Waals surface area contributed by atoms with E-state index in [1.54, 1.807) is 25.4 Å². The molecule has 242 valence electrons. The van der Waals surface area contributed by atoms with Crippen LogP contribution in [0.3, 0.4) is 0 Å². The fourth-order valence-electron chi connectivity index (χ4n) is 6.73. The first kappa shape index (κ1) is 31.9. The number of piperazine rings is 1. The highest BCUT2D eigenvalue weighted by molar-refractivity contribution is 9.10. The first-order valence-corrected chi connectivity index (χ1v) is 16.3. The van der Waals surface area contributed by atoms with Gasteiger partial charge in [0.25, 0.3) is 11.5 Å². The van der Waals surface area contributed by atoms with Gasteiger partial charge in [0.15, 0.2) is 0 Å². The van der Waals surface area contributed by atoms with Crippen LogP contribution in [0.1, 0.15) is 52.6 Å². The summed E-state index contributed by atoms with van der Waals surface area (Å²) >= 11 is 3.40. The molecule has 3 fully saturated rings. The Bertz CT molecular complexity index is 1710. The molecular formula is C33H37BrFN7O4. The van der Waals surface area contributed by atoms with Crippen LogP contribution in [0, 0.1) is 5.82 Å². The Kier molecular flexibility index (Phi) is 9.23. The number of carbonyl (C=O) groups excluding carboxylic acids is 3. The Hall–Kier alpha value is -4.10. The Morgan fingerprint density at radius 2 is 1.76 bits per heavy atom. The summed E-state index contributed by atoms with van der Waals surface area (Å²) in [7, 11) is 3.70. The van der Waals surface area contributed by atoms with Crippen LogP contribution < -0.4 is 21.1 Å². The maximum Gasteiger partial charge on any atom is 0.282 e. The standard InChI is InChI=1S/C33H37BrFN7O4/c1-39-18-22(15-23(19-39)37-28-17-36-40(2)33(46)30(28)34)20-3-5-21(6-4-20)32(45)42-13-11-41(12-14-42)24-7-9-27(35)26(16-24)25-8-10-29(43)38-31(25)44/h3-7,9,16-17,22-23,25,37H,8,10-15,18-19H2,1-2H3,(H,38,43,44)/t22-,23+,25?/m0/s1. The van der Waals surface area contributed by atoms with Crippen LogP contribution in [-0.2, 0) is 16.6 Å². The zero-order chi connectivity index (χ0) is 32.5. The molecule has 46 heavy (non-hydrogen) atoms. The third-order valence-corrected chi connectivity index (χ3v) is 9.99. The molecule has 2 aromatic carbocycles. The van der Waals surface area contributed by atoms with Crippen LogP contribution in [0.5, 0.6) is 0 Å². The summed E-state index contributed by atoms with van der Waals surface area (Å²) in [5.41, 5.74) is 3.36. The summed E-state index contributed by atoms with van der Waals surface area (Å²) in [5, 5.41) is 9.93. The SMILES string of the molecule is CN1C[C@H](Nc2cnn(C)c(=O)c2Br)C[C@H](c2ccc(C(=O)N3CCN(c4ccc(F)c(C5CCC(=O)NC5=O)c4)CC3)cc2)C1. The van der Waals surface area contributed by atoms with Gasteiger partial charge in [-0.15, -0.1) is 0 Å². The van der Waals surface area contributed by atoms with Gasteiger partial charge in [-0.2, -0.15) is 5.10 Å². The monoisotopic (exact) mass is 693 g/mol. The molecule has 0 radical (unpaired) electrons. The zero-order valence-corrected chi connectivity index (χ0v) is 27.4. The number of amides is 3. The average molecular weight is 695 g/mol. The normalized spacial score (nSPS) is 22.5. The molecular weight excluding hydrogens is 657 g/mol. The first-order chi connectivity index (χ1) is 22.1. The van der Waals surface area contributed by atoms with E-state index >= 15 is 0 Å². The molecule has 1 unspecified atom stereocenters. The largest absolute Gasteiger partial charge is 0.379 e. The van der Waals surface area contributed by atoms with E-state index < -0.39 is 17.6 Å². The molecule has 3 aromatic rings. The first-order valence-electron chi connectivity index (χ1n) is 15.5. The molecule has 0 spiro atoms. The van der Waals surface area contributed by atoms with Gasteiger partial charge >= 0.3 is 0 Å². The molecule has 11 nitrogen and oxygen atoms in total. The number of piperidine rings is 2. The molecule has 13 heteroatoms. The molecule has 0 bridgehead atoms. The number of nitrogens with one attached hydrogen (secondary N) is 2. The molecule has 3 saturated heterocycles. The molecule has 2 N–H and O–H groups in total. The maximum absolute atomic E-state index is 14.7. The van der Waals surface area contributed by atoms with E-state index in [1.807, 2.05) is 29.2 Å². The molecule has 0 aliphatic carbocycles. The summed E-state index contributed by atoms with van der Waals surface area (Å²) in [6, 6.07) is 12.8. The average Bonchev–Trinajstić information content (AvgIpc) is 3.05. The van der Waals surface area contributed by atoms with Crippen molar-refractivity contribution in [2.45, 2.75) is 37.1 Å². The summed E-state index contributed by atoms with van der Waals surface area (Å²) in [6.07, 6.45) is 3.00. The van der Waals surface area contributed by atoms with Crippen molar-refractivity contribution in [1.82, 2.24) is 24.9 Å². The van der Waals surface area contributed by atoms with Crippen molar-refractivity contribution < 1.29 is 18.8 Å². The Morgan fingerprint density at radius 3 is 2.48 bits per heavy atom. The highest BCUT2D eigenvalue weighted by Gasteiger charge is 2.32. The van der Waals surface area contributed by atoms with E-state index in [0.29, 0.717) is 47.5 Å². The van der Waals surface area contributed by atoms with Crippen LogP contribution in [-0.4, -0.2) is 89.7 Å². The second-order valence-electron chi connectivity index (χ2n) is 12.4. The Morgan fingerprint density at radius 1 is 1.02 bits per heavy atom. The number of halogens is 2. The van der Waals surface area contributed by atoms with Crippen molar-refractivity contribution in [3.8, 4) is 0 Å². The van der Waals surface area contributed by atoms with Gasteiger partial charge in [0.2, 0.25) is 11.8 Å². The number of rotatable bonds is 6. The number of anilines is 2. The number of likely N-dealkylation sites (tertiary alicyclic amines) is 1. The van der Waals surface area contributed by atoms with E-state index in [9.17, 15) is 23.6 Å². The lowest BCUT2D eigenvalue weighted by atomic mass is 9.87. The molecule has 3 aliphatic heterocycles. The van der Waals surface area contributed by atoms with Gasteiger partial charge in [0, 0.05) is 75.6 Å². The van der Waals surface area contributed by atoms with Crippen molar-refractivity contribution in [2.75, 3.05) is 56.5 Å². The van der Waals surface area contributed by atoms with E-state index in [1.165, 1.54) is 10.7 Å². The minimum atomic E-state index is -0.696. The minimum Gasteiger partial charge on any atom is -0.379 e. The van der Waals surface area contributed by atoms with E-state index in [-0.39, 0.29) is 42.2 Å². The summed E-state index contributed by atoms with van der Waals surface area (Å²) in [4.78, 5) is 55.8. The fourth-order valence-corrected chi connectivity index (χ4v) is 7.20. The summed E-state index contributed by atoms with van der Waals surface area (Å²) < 4.78 is 16.5. The minimum absolute atomic E-state index is 0.0298. The van der Waals surface area contributed by atoms with Crippen LogP contribution in [0.4, 0.5) is 15.8 Å². The molecule has 3 amide bonds. The highest BCUT2D eigenvalue weighted by Crippen LogP contribution is 2.32. The second-order valence-corrected chi connectivity index (χ2v) is 13.2. The summed E-state index contributed by atoms with van der Waals surface area (Å²) in [5.74, 6) is -1.73. The van der Waals surface area contributed by atoms with Crippen LogP contribution in [0.25, 0.3) is 0 Å². The lowest BCUT2D eigenvalue weighted by Gasteiger charge is -2.37. The molecule has 3 aliphatic rings. The number of benzene rings is 2. The third-order valence-electron chi connectivity index (χ3n) is 9.23. The Labute approximate surface area is 274 Å². The van der Waals surface area contributed by atoms with Gasteiger partial charge in [-0.05, 0) is 77.6 Å². The number of hydrogen-bond acceptors (Lipinski definition) is 8. The van der Waals surface area contributed by atoms with Crippen molar-refractivity contribution in [2.24, 2.45) is 7.05 Å². The number of aryl methyl sites for hydroxylation is 1. The topological polar surface area (TPSA) is 120 Å². The zero-order valence-electron chi connectivity index (χ0n) is 25.8. The van der Waals surface area contributed by atoms with Gasteiger partial charge in [-0.3, -0.25) is 24.5 Å². The predicted molar refractivity (Wildman–Crippen MR) is 176 cm³/mol. The lowest BCUT2D eigenvalue weighted by molar-refractivity contribution is -0.134. The molecule has 3 atom stereocenters. The van der Waals surface area contributed by atoms with Gasteiger partial charge in [-0.1, -0.05) is 12.1 Å². The molecule has 0 saturated carbocycles. The van der Waals surface area contributed by atoms with Gasteiger partial charge < -0.3 is 20.0 Å². The van der Waals surface area contributed by atoms with Crippen molar-refractivity contribution in [3.63, 3.8) is 0 Å². The van der Waals surface area contributed by atoms with Crippen LogP contribution in [0.15, 0.2) is 57.9 Å². The van der Waals surface area contributed by atoms with Crippen LogP contribution >= 0.6 is 15.9 Å².